The summed E-state index contributed by atoms with van der Waals surface area (Å²) in [5.41, 5.74) is 2.10. The molecule has 3 aromatic heterocycles. The second-order valence-electron chi connectivity index (χ2n) is 8.45. The molecule has 4 rings (SSSR count). The Hall–Kier alpha value is -4.04. The van der Waals surface area contributed by atoms with Crippen molar-refractivity contribution in [2.75, 3.05) is 25.5 Å². The number of sulfonamides is 1. The molecule has 214 valence electrons. The van der Waals surface area contributed by atoms with Gasteiger partial charge in [-0.3, -0.25) is 15.1 Å². The number of nitrogens with one attached hydrogen (secondary N) is 2. The fourth-order valence-corrected chi connectivity index (χ4v) is 4.49. The van der Waals surface area contributed by atoms with Gasteiger partial charge in [0.25, 0.3) is 15.9 Å². The summed E-state index contributed by atoms with van der Waals surface area (Å²) in [7, 11) is -1.42. The van der Waals surface area contributed by atoms with Crippen molar-refractivity contribution in [3.8, 4) is 34.5 Å². The fraction of sp³-hybridized carbons (Fsp3) is 0.179. The first-order valence-electron chi connectivity index (χ1n) is 12.3. The number of hydrogen-bond acceptors (Lipinski definition) is 11. The summed E-state index contributed by atoms with van der Waals surface area (Å²) >= 11 is 0. The van der Waals surface area contributed by atoms with E-state index in [1.54, 1.807) is 56.3 Å². The molecule has 0 fully saturated rings. The Morgan fingerprint density at radius 1 is 1.02 bits per heavy atom. The van der Waals surface area contributed by atoms with Crippen molar-refractivity contribution >= 4 is 56.9 Å². The quantitative estimate of drug-likeness (QED) is 0.144. The van der Waals surface area contributed by atoms with Gasteiger partial charge in [-0.25, -0.2) is 9.97 Å². The van der Waals surface area contributed by atoms with Crippen molar-refractivity contribution in [1.29, 1.82) is 5.41 Å². The molecule has 1 aromatic carbocycles. The predicted molar refractivity (Wildman–Crippen MR) is 160 cm³/mol. The van der Waals surface area contributed by atoms with E-state index in [4.69, 9.17) is 24.4 Å². The normalized spacial score (nSPS) is 10.7. The van der Waals surface area contributed by atoms with Crippen LogP contribution < -0.4 is 18.9 Å². The molecule has 12 nitrogen and oxygen atoms in total. The number of ether oxygens (including phenoxy) is 4. The van der Waals surface area contributed by atoms with Crippen LogP contribution in [0.5, 0.6) is 23.1 Å². The Kier molecular flexibility index (Phi) is 11.0. The molecule has 0 radical (unpaired) electrons. The van der Waals surface area contributed by atoms with E-state index in [0.717, 1.165) is 5.57 Å². The molecule has 0 amide bonds. The van der Waals surface area contributed by atoms with Crippen LogP contribution in [0.1, 0.15) is 25.1 Å². The minimum atomic E-state index is -4.25. The number of hydrogen-bond donors (Lipinski definition) is 2. The Bertz CT molecular complexity index is 1700. The van der Waals surface area contributed by atoms with E-state index in [0.29, 0.717) is 16.9 Å². The molecule has 4 aromatic rings. The van der Waals surface area contributed by atoms with Gasteiger partial charge < -0.3 is 18.9 Å². The third-order valence-electron chi connectivity index (χ3n) is 5.58. The molecule has 0 unspecified atom stereocenters. The molecule has 2 N–H and O–H groups in total. The van der Waals surface area contributed by atoms with Crippen LogP contribution in [0, 0.1) is 5.41 Å². The number of anilines is 1. The average molecular weight is 601 g/mol. The van der Waals surface area contributed by atoms with E-state index >= 15 is 0 Å². The predicted octanol–water partition coefficient (Wildman–Crippen LogP) is 4.29. The van der Waals surface area contributed by atoms with Crippen LogP contribution in [0.2, 0.25) is 0 Å². The van der Waals surface area contributed by atoms with E-state index < -0.39 is 10.0 Å². The van der Waals surface area contributed by atoms with E-state index in [1.807, 2.05) is 0 Å². The van der Waals surface area contributed by atoms with Gasteiger partial charge >= 0.3 is 29.6 Å². The van der Waals surface area contributed by atoms with Gasteiger partial charge in [-0.1, -0.05) is 24.8 Å². The SMILES string of the molecule is C=C(C)c1ccc(S(=O)(=O)Nc2nc(-c3ccnc(C(=N)OCC)c3)nc(OC)c2Oc2ccccc2OC)nc1.[NaH]. The van der Waals surface area contributed by atoms with Gasteiger partial charge in [0.15, 0.2) is 28.2 Å². The Balaban J connectivity index is 0.00000484. The van der Waals surface area contributed by atoms with Gasteiger partial charge in [0, 0.05) is 18.0 Å². The van der Waals surface area contributed by atoms with Crippen molar-refractivity contribution in [2.45, 2.75) is 18.9 Å². The van der Waals surface area contributed by atoms with Crippen molar-refractivity contribution in [3.63, 3.8) is 0 Å². The number of rotatable bonds is 11. The van der Waals surface area contributed by atoms with Crippen molar-refractivity contribution in [1.82, 2.24) is 19.9 Å². The second-order valence-corrected chi connectivity index (χ2v) is 10.1. The molecular formula is C28H29N6NaO6S. The number of aromatic nitrogens is 4. The summed E-state index contributed by atoms with van der Waals surface area (Å²) in [4.78, 5) is 17.2. The third-order valence-corrected chi connectivity index (χ3v) is 6.84. The van der Waals surface area contributed by atoms with Crippen molar-refractivity contribution in [3.05, 3.63) is 78.8 Å². The Morgan fingerprint density at radius 3 is 2.38 bits per heavy atom. The van der Waals surface area contributed by atoms with Gasteiger partial charge in [-0.05, 0) is 55.3 Å². The van der Waals surface area contributed by atoms with Crippen LogP contribution in [0.3, 0.4) is 0 Å². The summed E-state index contributed by atoms with van der Waals surface area (Å²) in [6.45, 7) is 7.68. The standard InChI is InChI=1S/C28H28N6O6S.Na.H/c1-6-39-25(29)20-15-18(13-14-30-20)26-32-27(34-41(35,36)23-12-11-19(16-31-23)17(2)3)24(28(33-26)38-5)40-22-10-8-7-9-21(22)37-4;;/h7-16,29H,2,6H2,1,3-5H3,(H,32,33,34);;. The van der Waals surface area contributed by atoms with Crippen LogP contribution in [0.4, 0.5) is 5.82 Å². The molecule has 0 spiro atoms. The summed E-state index contributed by atoms with van der Waals surface area (Å²) in [6, 6.07) is 12.9. The van der Waals surface area contributed by atoms with Crippen LogP contribution in [0.25, 0.3) is 17.0 Å². The number of nitrogens with zero attached hydrogens (tertiary/aromatic N) is 4. The first-order valence-corrected chi connectivity index (χ1v) is 13.7. The molecule has 0 atom stereocenters. The summed E-state index contributed by atoms with van der Waals surface area (Å²) in [5.74, 6) is 0.194. The maximum atomic E-state index is 13.4. The van der Waals surface area contributed by atoms with E-state index in [2.05, 4.69) is 31.2 Å². The molecule has 42 heavy (non-hydrogen) atoms. The monoisotopic (exact) mass is 600 g/mol. The fourth-order valence-electron chi connectivity index (χ4n) is 3.55. The molecule has 0 aliphatic rings. The van der Waals surface area contributed by atoms with Gasteiger partial charge in [-0.15, -0.1) is 0 Å². The van der Waals surface area contributed by atoms with E-state index in [9.17, 15) is 8.42 Å². The van der Waals surface area contributed by atoms with Crippen LogP contribution in [-0.2, 0) is 14.8 Å². The first-order chi connectivity index (χ1) is 19.7. The Morgan fingerprint density at radius 2 is 1.76 bits per heavy atom. The van der Waals surface area contributed by atoms with E-state index in [1.165, 1.54) is 32.7 Å². The number of pyridine rings is 2. The number of allylic oxidation sites excluding steroid dienone is 1. The topological polar surface area (TPSA) is 158 Å². The molecule has 0 aliphatic heterocycles. The zero-order valence-corrected chi connectivity index (χ0v) is 23.7. The molecule has 0 bridgehead atoms. The summed E-state index contributed by atoms with van der Waals surface area (Å²) in [6.07, 6.45) is 2.88. The van der Waals surface area contributed by atoms with Gasteiger partial charge in [0.1, 0.15) is 5.69 Å². The molecule has 14 heteroatoms. The molecule has 3 heterocycles. The van der Waals surface area contributed by atoms with Crippen molar-refractivity contribution in [2.24, 2.45) is 0 Å². The first kappa shape index (κ1) is 32.5. The number of methoxy groups -OCH3 is 2. The molecule has 0 saturated carbocycles. The van der Waals surface area contributed by atoms with Gasteiger partial charge in [0.05, 0.1) is 20.8 Å². The summed E-state index contributed by atoms with van der Waals surface area (Å²) < 4.78 is 51.6. The average Bonchev–Trinajstić information content (AvgIpc) is 2.98. The van der Waals surface area contributed by atoms with Crippen LogP contribution in [-0.4, -0.2) is 84.6 Å². The number of benzene rings is 1. The second kappa shape index (κ2) is 14.2. The molecule has 0 saturated heterocycles. The summed E-state index contributed by atoms with van der Waals surface area (Å²) in [5, 5.41) is 7.83. The van der Waals surface area contributed by atoms with Gasteiger partial charge in [-0.2, -0.15) is 13.4 Å². The zero-order valence-electron chi connectivity index (χ0n) is 22.8. The molecule has 0 aliphatic carbocycles. The number of para-hydroxylation sites is 2. The van der Waals surface area contributed by atoms with E-state index in [-0.39, 0.29) is 81.8 Å². The van der Waals surface area contributed by atoms with Crippen LogP contribution in [0.15, 0.2) is 72.5 Å². The van der Waals surface area contributed by atoms with Crippen LogP contribution >= 0.6 is 0 Å². The minimum absolute atomic E-state index is 0. The zero-order chi connectivity index (χ0) is 29.6. The van der Waals surface area contributed by atoms with Gasteiger partial charge in [0.2, 0.25) is 11.6 Å². The van der Waals surface area contributed by atoms with Crippen molar-refractivity contribution < 1.29 is 27.4 Å². The maximum absolute atomic E-state index is 13.4. The Labute approximate surface area is 266 Å². The third kappa shape index (κ3) is 7.42. The molecular weight excluding hydrogens is 571 g/mol.